The molecule has 0 heterocycles. The summed E-state index contributed by atoms with van der Waals surface area (Å²) in [6.45, 7) is 66.4. The number of carbonyl (C=O) groups excluding carboxylic acids is 5. The van der Waals surface area contributed by atoms with Crippen LogP contribution in [0, 0.1) is 0 Å². The Hall–Kier alpha value is -12.1. The molecule has 5 fully saturated rings. The first kappa shape index (κ1) is 108. The van der Waals surface area contributed by atoms with Crippen LogP contribution in [0.1, 0.15) is 383 Å². The van der Waals surface area contributed by atoms with Crippen LogP contribution in [0.25, 0.3) is 60.8 Å². The Kier molecular flexibility index (Phi) is 34.4. The Morgan fingerprint density at radius 3 is 0.243 bits per heavy atom. The molecule has 0 unspecified atom stereocenters. The molecule has 0 aliphatic heterocycles. The van der Waals surface area contributed by atoms with Crippen LogP contribution < -0.4 is 0 Å². The molecule has 0 atom stereocenters. The molecule has 0 radical (unpaired) electrons. The van der Waals surface area contributed by atoms with Crippen LogP contribution in [0.15, 0.2) is 298 Å². The number of benzene rings is 10. The van der Waals surface area contributed by atoms with Gasteiger partial charge in [-0.25, -0.2) is 0 Å². The maximum atomic E-state index is 12.8. The smallest absolute Gasteiger partial charge is 0.185 e. The van der Waals surface area contributed by atoms with Gasteiger partial charge in [0, 0.05) is 55.7 Å². The minimum absolute atomic E-state index is 0.146. The fourth-order valence-corrected chi connectivity index (χ4v) is 17.7. The third-order valence-corrected chi connectivity index (χ3v) is 27.4. The highest BCUT2D eigenvalue weighted by atomic mass is 16.1. The molecule has 5 aliphatic carbocycles. The maximum absolute atomic E-state index is 12.8. The van der Waals surface area contributed by atoms with Crippen LogP contribution in [0.5, 0.6) is 0 Å². The second kappa shape index (κ2) is 44.4. The molecule has 10 aromatic carbocycles. The lowest BCUT2D eigenvalue weighted by atomic mass is 9.86. The molecule has 5 aliphatic rings. The topological polar surface area (TPSA) is 85.3 Å². The van der Waals surface area contributed by atoms with Gasteiger partial charge >= 0.3 is 0 Å². The van der Waals surface area contributed by atoms with E-state index in [2.05, 4.69) is 511 Å². The van der Waals surface area contributed by atoms with Crippen LogP contribution >= 0.6 is 0 Å². The molecule has 5 heteroatoms. The highest BCUT2D eigenvalue weighted by Gasteiger charge is 2.31. The summed E-state index contributed by atoms with van der Waals surface area (Å²) < 4.78 is 0. The van der Waals surface area contributed by atoms with Crippen molar-refractivity contribution in [1.29, 1.82) is 0 Å². The zero-order valence-corrected chi connectivity index (χ0v) is 90.5. The van der Waals surface area contributed by atoms with Crippen molar-refractivity contribution in [3.05, 3.63) is 410 Å². The number of hydrogen-bond acceptors (Lipinski definition) is 5. The van der Waals surface area contributed by atoms with Gasteiger partial charge in [0.25, 0.3) is 0 Å². The van der Waals surface area contributed by atoms with E-state index in [1.807, 2.05) is 0 Å². The van der Waals surface area contributed by atoms with Crippen molar-refractivity contribution in [3.63, 3.8) is 0 Å². The van der Waals surface area contributed by atoms with Gasteiger partial charge in [-0.15, -0.1) is 0 Å². The van der Waals surface area contributed by atoms with E-state index in [0.29, 0.717) is 0 Å². The van der Waals surface area contributed by atoms with Crippen LogP contribution in [0.4, 0.5) is 0 Å². The Morgan fingerprint density at radius 2 is 0.186 bits per heavy atom. The fourth-order valence-electron chi connectivity index (χ4n) is 17.7. The molecule has 0 N–H and O–H groups in total. The average molecular weight is 1860 g/mol. The second-order valence-electron chi connectivity index (χ2n) is 49.6. The van der Waals surface area contributed by atoms with Crippen molar-refractivity contribution in [2.24, 2.45) is 0 Å². The Labute approximate surface area is 843 Å². The summed E-state index contributed by atoms with van der Waals surface area (Å²) >= 11 is 0. The molecular formula is C135H160O5. The molecule has 0 aromatic heterocycles. The van der Waals surface area contributed by atoms with Gasteiger partial charge in [-0.2, -0.15) is 0 Å². The predicted octanol–water partition coefficient (Wildman–Crippen LogP) is 35.6. The van der Waals surface area contributed by atoms with Gasteiger partial charge in [0.1, 0.15) is 0 Å². The first-order valence-electron chi connectivity index (χ1n) is 51.0. The molecule has 0 amide bonds. The molecule has 140 heavy (non-hydrogen) atoms. The number of Topliss-reactive ketones (excluding diaryl/α,β-unsaturated/α-hetero) is 5. The van der Waals surface area contributed by atoms with E-state index in [0.717, 1.165) is 176 Å². The lowest BCUT2D eigenvalue weighted by molar-refractivity contribution is -0.112. The van der Waals surface area contributed by atoms with Gasteiger partial charge in [-0.05, 0) is 290 Å². The molecule has 5 saturated carbocycles. The SMILES string of the molecule is CC(C)(C)c1ccc(/C=C2\CC/C(=C\c3ccc(C(C)(C)C)cc3)C2=O)cc1.CC(C)(C)c1ccc(/C=C2\CC/C(=C\c3ccc(C(C)(C)C)cc3)C2=O)cc1.CC(C)(C)c1ccc(/C=C2\CC/C(=C\c3ccc(C(C)(C)C)cc3)C2=O)cc1.CC(C)(C)c1ccc(/C=C2\CC/C(=C\c3ccc(C(C)(C)C)cc3)C2=O)cc1.CC(C)(C)c1ccc(/C=C2\CC/C(=C\c3ccc(C(C)(C)C)cc3)C2=O)cc1. The monoisotopic (exact) mass is 1860 g/mol. The van der Waals surface area contributed by atoms with E-state index < -0.39 is 0 Å². The number of hydrogen-bond donors (Lipinski definition) is 0. The highest BCUT2D eigenvalue weighted by molar-refractivity contribution is 6.18. The van der Waals surface area contributed by atoms with E-state index in [-0.39, 0.29) is 83.1 Å². The third-order valence-electron chi connectivity index (χ3n) is 27.4. The molecule has 5 nitrogen and oxygen atoms in total. The number of ketones is 5. The number of carbonyl (C=O) groups is 5. The highest BCUT2D eigenvalue weighted by Crippen LogP contribution is 2.40. The van der Waals surface area contributed by atoms with E-state index in [1.54, 1.807) is 0 Å². The van der Waals surface area contributed by atoms with Gasteiger partial charge < -0.3 is 0 Å². The minimum atomic E-state index is 0.146. The van der Waals surface area contributed by atoms with Gasteiger partial charge in [0.2, 0.25) is 0 Å². The van der Waals surface area contributed by atoms with E-state index in [1.165, 1.54) is 55.6 Å². The summed E-state index contributed by atoms with van der Waals surface area (Å²) in [6.07, 6.45) is 28.8. The standard InChI is InChI=1S/5C27H32O/c5*1-26(2,3)23-13-7-19(8-14-23)17-21-11-12-22(25(21)28)18-20-9-15-24(16-10-20)27(4,5)6/h5*7-10,13-18H,11-12H2,1-6H3/b5*21-17+,22-18+. The van der Waals surface area contributed by atoms with Crippen molar-refractivity contribution in [3.8, 4) is 0 Å². The lowest BCUT2D eigenvalue weighted by Gasteiger charge is -2.18. The third kappa shape index (κ3) is 30.7. The van der Waals surface area contributed by atoms with Crippen LogP contribution in [-0.4, -0.2) is 28.9 Å². The van der Waals surface area contributed by atoms with Crippen molar-refractivity contribution < 1.29 is 24.0 Å². The van der Waals surface area contributed by atoms with Gasteiger partial charge in [0.05, 0.1) is 0 Å². The summed E-state index contributed by atoms with van der Waals surface area (Å²) in [5.41, 5.74) is 34.8. The van der Waals surface area contributed by atoms with Gasteiger partial charge in [-0.3, -0.25) is 24.0 Å². The first-order chi connectivity index (χ1) is 65.2. The van der Waals surface area contributed by atoms with Crippen molar-refractivity contribution in [2.45, 2.75) is 326 Å². The molecule has 730 valence electrons. The minimum Gasteiger partial charge on any atom is -0.289 e. The maximum Gasteiger partial charge on any atom is 0.185 e. The van der Waals surface area contributed by atoms with E-state index >= 15 is 0 Å². The summed E-state index contributed by atoms with van der Waals surface area (Å²) in [6, 6.07) is 85.7. The molecule has 0 spiro atoms. The number of rotatable bonds is 10. The first-order valence-corrected chi connectivity index (χ1v) is 51.0. The number of allylic oxidation sites excluding steroid dienone is 10. The molecule has 15 rings (SSSR count). The van der Waals surface area contributed by atoms with Crippen molar-refractivity contribution >= 4 is 89.7 Å². The average Bonchev–Trinajstić information content (AvgIpc) is 1.70. The summed E-state index contributed by atoms with van der Waals surface area (Å²) in [5, 5.41) is 0. The zero-order chi connectivity index (χ0) is 103. The molecular weight excluding hydrogens is 1700 g/mol. The fraction of sp³-hybridized carbons (Fsp3) is 0.370. The van der Waals surface area contributed by atoms with Crippen LogP contribution in [0.2, 0.25) is 0 Å². The predicted molar refractivity (Wildman–Crippen MR) is 602 cm³/mol. The van der Waals surface area contributed by atoms with Gasteiger partial charge in [-0.1, -0.05) is 450 Å². The van der Waals surface area contributed by atoms with E-state index in [9.17, 15) is 24.0 Å². The molecule has 0 bridgehead atoms. The van der Waals surface area contributed by atoms with E-state index in [4.69, 9.17) is 0 Å². The summed E-state index contributed by atoms with van der Waals surface area (Å²) in [4.78, 5) is 64.2. The Balaban J connectivity index is 0.000000167. The molecule has 10 aromatic rings. The Bertz CT molecular complexity index is 5080. The second-order valence-corrected chi connectivity index (χ2v) is 49.6. The van der Waals surface area contributed by atoms with Crippen LogP contribution in [-0.2, 0) is 78.1 Å². The van der Waals surface area contributed by atoms with Crippen LogP contribution in [0.3, 0.4) is 0 Å². The lowest BCUT2D eigenvalue weighted by Crippen LogP contribution is -2.10. The summed E-state index contributed by atoms with van der Waals surface area (Å²) in [7, 11) is 0. The van der Waals surface area contributed by atoms with Gasteiger partial charge in [0.15, 0.2) is 28.9 Å². The quantitative estimate of drug-likeness (QED) is 0.127. The van der Waals surface area contributed by atoms with Crippen molar-refractivity contribution in [1.82, 2.24) is 0 Å². The zero-order valence-electron chi connectivity index (χ0n) is 90.5. The largest absolute Gasteiger partial charge is 0.289 e. The normalized spacial score (nSPS) is 18.3. The summed E-state index contributed by atoms with van der Waals surface area (Å²) in [5.74, 6) is 0.971. The Morgan fingerprint density at radius 1 is 0.121 bits per heavy atom. The molecule has 0 saturated heterocycles. The van der Waals surface area contributed by atoms with Crippen molar-refractivity contribution in [2.75, 3.05) is 0 Å².